The van der Waals surface area contributed by atoms with Gasteiger partial charge in [0.25, 0.3) is 0 Å². The molecule has 0 saturated heterocycles. The second-order valence-corrected chi connectivity index (χ2v) is 6.44. The molecule has 0 bridgehead atoms. The molecule has 0 saturated carbocycles. The molecule has 0 radical (unpaired) electrons. The minimum absolute atomic E-state index is 0.231. The molecule has 0 amide bonds. The van der Waals surface area contributed by atoms with E-state index in [2.05, 4.69) is 18.2 Å². The molecule has 118 valence electrons. The standard InChI is InChI=1S/C19H18O3S/c1-12(19(20)22-3)13-8-9-17-14(10-13)11-16(21-2)15-6-4-5-7-18(15)23-17/h4-12H,1-3H3. The highest BCUT2D eigenvalue weighted by atomic mass is 32.2. The first-order chi connectivity index (χ1) is 11.1. The van der Waals surface area contributed by atoms with E-state index in [9.17, 15) is 4.79 Å². The first-order valence-electron chi connectivity index (χ1n) is 7.38. The van der Waals surface area contributed by atoms with Gasteiger partial charge in [-0.1, -0.05) is 36.0 Å². The van der Waals surface area contributed by atoms with Gasteiger partial charge in [-0.2, -0.15) is 0 Å². The predicted octanol–water partition coefficient (Wildman–Crippen LogP) is 4.57. The van der Waals surface area contributed by atoms with Crippen LogP contribution in [0.25, 0.3) is 11.8 Å². The van der Waals surface area contributed by atoms with Gasteiger partial charge >= 0.3 is 5.97 Å². The smallest absolute Gasteiger partial charge is 0.312 e. The topological polar surface area (TPSA) is 35.5 Å². The minimum Gasteiger partial charge on any atom is -0.496 e. The zero-order valence-corrected chi connectivity index (χ0v) is 14.1. The molecule has 2 aromatic rings. The fraction of sp³-hybridized carbons (Fsp3) is 0.211. The van der Waals surface area contributed by atoms with Gasteiger partial charge in [-0.15, -0.1) is 0 Å². The van der Waals surface area contributed by atoms with Crippen LogP contribution in [0.15, 0.2) is 52.3 Å². The van der Waals surface area contributed by atoms with E-state index in [0.29, 0.717) is 0 Å². The highest BCUT2D eigenvalue weighted by molar-refractivity contribution is 7.99. The molecule has 3 rings (SSSR count). The monoisotopic (exact) mass is 326 g/mol. The molecule has 1 heterocycles. The maximum Gasteiger partial charge on any atom is 0.312 e. The number of fused-ring (bicyclic) bond motifs is 2. The summed E-state index contributed by atoms with van der Waals surface area (Å²) in [4.78, 5) is 14.1. The van der Waals surface area contributed by atoms with Crippen molar-refractivity contribution in [3.8, 4) is 0 Å². The fourth-order valence-electron chi connectivity index (χ4n) is 2.62. The summed E-state index contributed by atoms with van der Waals surface area (Å²) in [5.41, 5.74) is 3.07. The number of methoxy groups -OCH3 is 2. The van der Waals surface area contributed by atoms with Crippen molar-refractivity contribution in [3.63, 3.8) is 0 Å². The molecule has 0 N–H and O–H groups in total. The fourth-order valence-corrected chi connectivity index (χ4v) is 3.65. The summed E-state index contributed by atoms with van der Waals surface area (Å²) in [5.74, 6) is 0.306. The molecular formula is C19H18O3S. The van der Waals surface area contributed by atoms with Gasteiger partial charge in [0.1, 0.15) is 5.76 Å². The van der Waals surface area contributed by atoms with Crippen LogP contribution in [0, 0.1) is 0 Å². The molecule has 0 spiro atoms. The Bertz CT molecular complexity index is 780. The first-order valence-corrected chi connectivity index (χ1v) is 8.20. The summed E-state index contributed by atoms with van der Waals surface area (Å²) in [6.07, 6.45) is 2.03. The van der Waals surface area contributed by atoms with Crippen LogP contribution in [0.3, 0.4) is 0 Å². The second kappa shape index (κ2) is 6.50. The molecule has 2 aromatic carbocycles. The third kappa shape index (κ3) is 2.99. The van der Waals surface area contributed by atoms with Crippen molar-refractivity contribution in [2.75, 3.05) is 14.2 Å². The number of ether oxygens (including phenoxy) is 2. The lowest BCUT2D eigenvalue weighted by atomic mass is 9.98. The third-order valence-electron chi connectivity index (χ3n) is 3.97. The highest BCUT2D eigenvalue weighted by Gasteiger charge is 2.20. The number of carbonyl (C=O) groups is 1. The molecule has 0 fully saturated rings. The Hall–Kier alpha value is -2.20. The summed E-state index contributed by atoms with van der Waals surface area (Å²) in [6.45, 7) is 1.85. The zero-order chi connectivity index (χ0) is 16.4. The van der Waals surface area contributed by atoms with Crippen LogP contribution in [0.4, 0.5) is 0 Å². The molecule has 0 aliphatic carbocycles. The number of rotatable bonds is 3. The molecule has 4 heteroatoms. The first kappa shape index (κ1) is 15.7. The SMILES string of the molecule is COC(=O)C(C)c1ccc2c(c1)C=C(OC)c1ccccc1S2. The van der Waals surface area contributed by atoms with E-state index in [1.165, 1.54) is 7.11 Å². The number of hydrogen-bond acceptors (Lipinski definition) is 4. The van der Waals surface area contributed by atoms with Crippen LogP contribution in [-0.4, -0.2) is 20.2 Å². The normalized spacial score (nSPS) is 14.0. The molecule has 0 aromatic heterocycles. The highest BCUT2D eigenvalue weighted by Crippen LogP contribution is 2.41. The number of esters is 1. The summed E-state index contributed by atoms with van der Waals surface area (Å²) >= 11 is 1.71. The largest absolute Gasteiger partial charge is 0.496 e. The molecule has 23 heavy (non-hydrogen) atoms. The Labute approximate surface area is 140 Å². The van der Waals surface area contributed by atoms with Crippen molar-refractivity contribution in [1.29, 1.82) is 0 Å². The lowest BCUT2D eigenvalue weighted by molar-refractivity contribution is -0.141. The van der Waals surface area contributed by atoms with Crippen LogP contribution in [-0.2, 0) is 14.3 Å². The lowest BCUT2D eigenvalue weighted by Gasteiger charge is -2.12. The summed E-state index contributed by atoms with van der Waals surface area (Å²) in [7, 11) is 3.09. The van der Waals surface area contributed by atoms with Crippen LogP contribution >= 0.6 is 11.8 Å². The van der Waals surface area contributed by atoms with Crippen LogP contribution < -0.4 is 0 Å². The van der Waals surface area contributed by atoms with E-state index in [-0.39, 0.29) is 11.9 Å². The van der Waals surface area contributed by atoms with Gasteiger partial charge in [0, 0.05) is 15.4 Å². The van der Waals surface area contributed by atoms with E-state index >= 15 is 0 Å². The van der Waals surface area contributed by atoms with Gasteiger partial charge in [-0.25, -0.2) is 0 Å². The third-order valence-corrected chi connectivity index (χ3v) is 5.14. The Balaban J connectivity index is 2.08. The number of carbonyl (C=O) groups excluding carboxylic acids is 1. The van der Waals surface area contributed by atoms with Crippen molar-refractivity contribution >= 4 is 29.6 Å². The quantitative estimate of drug-likeness (QED) is 0.774. The molecular weight excluding hydrogens is 308 g/mol. The van der Waals surface area contributed by atoms with Gasteiger partial charge in [0.05, 0.1) is 20.1 Å². The molecule has 3 nitrogen and oxygen atoms in total. The van der Waals surface area contributed by atoms with Gasteiger partial charge in [-0.05, 0) is 42.3 Å². The number of benzene rings is 2. The van der Waals surface area contributed by atoms with E-state index in [1.54, 1.807) is 18.9 Å². The van der Waals surface area contributed by atoms with Crippen molar-refractivity contribution in [1.82, 2.24) is 0 Å². The molecule has 1 aliphatic heterocycles. The van der Waals surface area contributed by atoms with Gasteiger partial charge in [0.2, 0.25) is 0 Å². The van der Waals surface area contributed by atoms with Gasteiger partial charge in [-0.3, -0.25) is 4.79 Å². The summed E-state index contributed by atoms with van der Waals surface area (Å²) in [5, 5.41) is 0. The van der Waals surface area contributed by atoms with Crippen molar-refractivity contribution < 1.29 is 14.3 Å². The maximum absolute atomic E-state index is 11.8. The molecule has 1 aliphatic rings. The zero-order valence-electron chi connectivity index (χ0n) is 13.3. The van der Waals surface area contributed by atoms with Crippen molar-refractivity contribution in [2.24, 2.45) is 0 Å². The van der Waals surface area contributed by atoms with Crippen molar-refractivity contribution in [2.45, 2.75) is 22.6 Å². The average Bonchev–Trinajstić information content (AvgIpc) is 2.75. The maximum atomic E-state index is 11.8. The van der Waals surface area contributed by atoms with E-state index in [4.69, 9.17) is 9.47 Å². The van der Waals surface area contributed by atoms with Crippen LogP contribution in [0.1, 0.15) is 29.5 Å². The Morgan fingerprint density at radius 3 is 2.61 bits per heavy atom. The Kier molecular flexibility index (Phi) is 4.44. The Morgan fingerprint density at radius 1 is 1.09 bits per heavy atom. The summed E-state index contributed by atoms with van der Waals surface area (Å²) in [6, 6.07) is 14.3. The van der Waals surface area contributed by atoms with E-state index in [1.807, 2.05) is 37.3 Å². The van der Waals surface area contributed by atoms with Crippen LogP contribution in [0.5, 0.6) is 0 Å². The van der Waals surface area contributed by atoms with Gasteiger partial charge < -0.3 is 9.47 Å². The van der Waals surface area contributed by atoms with Crippen molar-refractivity contribution in [3.05, 3.63) is 59.2 Å². The van der Waals surface area contributed by atoms with E-state index in [0.717, 1.165) is 32.2 Å². The average molecular weight is 326 g/mol. The van der Waals surface area contributed by atoms with Crippen LogP contribution in [0.2, 0.25) is 0 Å². The molecule has 1 atom stereocenters. The minimum atomic E-state index is -0.291. The lowest BCUT2D eigenvalue weighted by Crippen LogP contribution is -2.10. The summed E-state index contributed by atoms with van der Waals surface area (Å²) < 4.78 is 10.4. The molecule has 1 unspecified atom stereocenters. The van der Waals surface area contributed by atoms with Gasteiger partial charge in [0.15, 0.2) is 0 Å². The Morgan fingerprint density at radius 2 is 1.87 bits per heavy atom. The predicted molar refractivity (Wildman–Crippen MR) is 92.3 cm³/mol. The number of hydrogen-bond donors (Lipinski definition) is 0. The second-order valence-electron chi connectivity index (χ2n) is 5.35. The van der Waals surface area contributed by atoms with E-state index < -0.39 is 0 Å².